The quantitative estimate of drug-likeness (QED) is 0.284. The highest BCUT2D eigenvalue weighted by molar-refractivity contribution is 7.98. The van der Waals surface area contributed by atoms with Crippen molar-refractivity contribution in [3.05, 3.63) is 69.4 Å². The summed E-state index contributed by atoms with van der Waals surface area (Å²) in [6.45, 7) is 6.94. The van der Waals surface area contributed by atoms with Gasteiger partial charge in [-0.15, -0.1) is 21.5 Å². The molecule has 0 fully saturated rings. The van der Waals surface area contributed by atoms with Crippen molar-refractivity contribution in [2.24, 2.45) is 5.92 Å². The summed E-state index contributed by atoms with van der Waals surface area (Å²) in [5.74, 6) is 1.66. The zero-order valence-electron chi connectivity index (χ0n) is 19.2. The summed E-state index contributed by atoms with van der Waals surface area (Å²) in [5, 5.41) is 15.8. The van der Waals surface area contributed by atoms with Crippen molar-refractivity contribution in [1.29, 1.82) is 0 Å². The van der Waals surface area contributed by atoms with Crippen molar-refractivity contribution in [2.75, 3.05) is 6.54 Å². The molecule has 10 heteroatoms. The molecule has 0 saturated heterocycles. The van der Waals surface area contributed by atoms with Gasteiger partial charge in [0, 0.05) is 34.9 Å². The normalized spacial score (nSPS) is 11.2. The predicted molar refractivity (Wildman–Crippen MR) is 138 cm³/mol. The maximum absolute atomic E-state index is 12.4. The van der Waals surface area contributed by atoms with E-state index >= 15 is 0 Å². The van der Waals surface area contributed by atoms with Gasteiger partial charge in [0.25, 0.3) is 5.91 Å². The maximum atomic E-state index is 12.4. The van der Waals surface area contributed by atoms with Gasteiger partial charge in [0.15, 0.2) is 11.0 Å². The monoisotopic (exact) mass is 512 g/mol. The van der Waals surface area contributed by atoms with Crippen LogP contribution in [0, 0.1) is 12.8 Å². The standard InChI is InChI=1S/C24H25ClN6OS2/c1-15(2)8-10-27-23(32)19-13-33-21(28-19)14-34-24-30-29-22(17-5-4-9-26-12-17)31(24)20-11-18(25)7-6-16(20)3/h4-7,9,11-13,15H,8,10,14H2,1-3H3,(H,27,32). The van der Waals surface area contributed by atoms with Crippen molar-refractivity contribution in [1.82, 2.24) is 30.0 Å². The lowest BCUT2D eigenvalue weighted by Gasteiger charge is -2.13. The molecule has 0 unspecified atom stereocenters. The van der Waals surface area contributed by atoms with E-state index in [-0.39, 0.29) is 5.91 Å². The fourth-order valence-corrected chi connectivity index (χ4v) is 5.16. The van der Waals surface area contributed by atoms with Crippen LogP contribution >= 0.6 is 34.7 Å². The number of pyridine rings is 1. The lowest BCUT2D eigenvalue weighted by Crippen LogP contribution is -2.25. The molecule has 0 atom stereocenters. The summed E-state index contributed by atoms with van der Waals surface area (Å²) >= 11 is 9.30. The minimum Gasteiger partial charge on any atom is -0.351 e. The summed E-state index contributed by atoms with van der Waals surface area (Å²) in [7, 11) is 0. The van der Waals surface area contributed by atoms with E-state index in [1.807, 2.05) is 41.8 Å². The van der Waals surface area contributed by atoms with Crippen LogP contribution in [0.5, 0.6) is 0 Å². The van der Waals surface area contributed by atoms with Gasteiger partial charge in [-0.05, 0) is 49.1 Å². The molecule has 0 aliphatic rings. The Morgan fingerprint density at radius 3 is 2.88 bits per heavy atom. The SMILES string of the molecule is Cc1ccc(Cl)cc1-n1c(SCc2nc(C(=O)NCCC(C)C)cs2)nnc1-c1cccnc1. The molecule has 3 aromatic heterocycles. The number of nitrogens with one attached hydrogen (secondary N) is 1. The summed E-state index contributed by atoms with van der Waals surface area (Å²) in [6, 6.07) is 9.57. The van der Waals surface area contributed by atoms with E-state index in [2.05, 4.69) is 39.3 Å². The molecule has 0 aliphatic heterocycles. The Bertz CT molecular complexity index is 1270. The third kappa shape index (κ3) is 5.84. The fraction of sp³-hybridized carbons (Fsp3) is 0.292. The molecule has 1 amide bonds. The van der Waals surface area contributed by atoms with Crippen LogP contribution in [0.15, 0.2) is 53.3 Å². The topological polar surface area (TPSA) is 85.6 Å². The van der Waals surface area contributed by atoms with Crippen LogP contribution in [-0.4, -0.2) is 37.2 Å². The molecule has 176 valence electrons. The van der Waals surface area contributed by atoms with Crippen molar-refractivity contribution >= 4 is 40.6 Å². The molecular weight excluding hydrogens is 488 g/mol. The lowest BCUT2D eigenvalue weighted by atomic mass is 10.1. The minimum atomic E-state index is -0.135. The van der Waals surface area contributed by atoms with Gasteiger partial charge < -0.3 is 5.32 Å². The van der Waals surface area contributed by atoms with E-state index < -0.39 is 0 Å². The van der Waals surface area contributed by atoms with E-state index in [0.29, 0.717) is 39.9 Å². The largest absolute Gasteiger partial charge is 0.351 e. The average molecular weight is 513 g/mol. The molecule has 0 spiro atoms. The number of hydrogen-bond donors (Lipinski definition) is 1. The number of hydrogen-bond acceptors (Lipinski definition) is 7. The number of thiazole rings is 1. The first-order valence-corrected chi connectivity index (χ1v) is 13.1. The number of carbonyl (C=O) groups excluding carboxylic acids is 1. The molecule has 3 heterocycles. The molecule has 0 bridgehead atoms. The number of aromatic nitrogens is 5. The third-order valence-electron chi connectivity index (χ3n) is 5.08. The first-order chi connectivity index (χ1) is 16.4. The highest BCUT2D eigenvalue weighted by Crippen LogP contribution is 2.32. The van der Waals surface area contributed by atoms with Crippen LogP contribution < -0.4 is 5.32 Å². The van der Waals surface area contributed by atoms with Gasteiger partial charge >= 0.3 is 0 Å². The molecule has 0 aliphatic carbocycles. The zero-order valence-corrected chi connectivity index (χ0v) is 21.5. The van der Waals surface area contributed by atoms with Crippen LogP contribution in [-0.2, 0) is 5.75 Å². The molecule has 34 heavy (non-hydrogen) atoms. The second kappa shape index (κ2) is 11.1. The van der Waals surface area contributed by atoms with E-state index in [9.17, 15) is 4.79 Å². The number of aryl methyl sites for hydroxylation is 1. The molecular formula is C24H25ClN6OS2. The molecule has 4 rings (SSSR count). The fourth-order valence-electron chi connectivity index (χ4n) is 3.26. The summed E-state index contributed by atoms with van der Waals surface area (Å²) in [5.41, 5.74) is 3.26. The van der Waals surface area contributed by atoms with Crippen LogP contribution in [0.25, 0.3) is 17.1 Å². The van der Waals surface area contributed by atoms with Gasteiger partial charge in [-0.3, -0.25) is 14.3 Å². The van der Waals surface area contributed by atoms with Crippen LogP contribution in [0.4, 0.5) is 0 Å². The van der Waals surface area contributed by atoms with Gasteiger partial charge in [0.1, 0.15) is 10.7 Å². The Kier molecular flexibility index (Phi) is 7.97. The molecule has 4 aromatic rings. The number of halogens is 1. The summed E-state index contributed by atoms with van der Waals surface area (Å²) in [6.07, 6.45) is 4.43. The molecule has 0 radical (unpaired) electrons. The van der Waals surface area contributed by atoms with Gasteiger partial charge in [-0.25, -0.2) is 4.98 Å². The molecule has 7 nitrogen and oxygen atoms in total. The molecule has 1 aromatic carbocycles. The number of thioether (sulfide) groups is 1. The summed E-state index contributed by atoms with van der Waals surface area (Å²) in [4.78, 5) is 21.1. The maximum Gasteiger partial charge on any atom is 0.270 e. The number of benzene rings is 1. The summed E-state index contributed by atoms with van der Waals surface area (Å²) < 4.78 is 2.00. The van der Waals surface area contributed by atoms with Crippen LogP contribution in [0.3, 0.4) is 0 Å². The van der Waals surface area contributed by atoms with Crippen molar-refractivity contribution in [2.45, 2.75) is 38.1 Å². The Balaban J connectivity index is 1.56. The van der Waals surface area contributed by atoms with Gasteiger partial charge in [-0.2, -0.15) is 0 Å². The Labute approximate surface area is 212 Å². The van der Waals surface area contributed by atoms with Gasteiger partial charge in [-0.1, -0.05) is 43.3 Å². The smallest absolute Gasteiger partial charge is 0.270 e. The Morgan fingerprint density at radius 1 is 1.26 bits per heavy atom. The molecule has 1 N–H and O–H groups in total. The zero-order chi connectivity index (χ0) is 24.1. The van der Waals surface area contributed by atoms with Crippen molar-refractivity contribution in [3.8, 4) is 17.1 Å². The minimum absolute atomic E-state index is 0.135. The van der Waals surface area contributed by atoms with Gasteiger partial charge in [0.05, 0.1) is 11.4 Å². The third-order valence-corrected chi connectivity index (χ3v) is 7.29. The van der Waals surface area contributed by atoms with Crippen LogP contribution in [0.1, 0.15) is 41.3 Å². The van der Waals surface area contributed by atoms with E-state index in [1.165, 1.54) is 23.1 Å². The van der Waals surface area contributed by atoms with Crippen LogP contribution in [0.2, 0.25) is 5.02 Å². The number of nitrogens with zero attached hydrogens (tertiary/aromatic N) is 5. The Hall–Kier alpha value is -2.75. The number of amides is 1. The predicted octanol–water partition coefficient (Wildman–Crippen LogP) is 5.82. The number of carbonyl (C=O) groups is 1. The first-order valence-electron chi connectivity index (χ1n) is 10.9. The van der Waals surface area contributed by atoms with E-state index in [0.717, 1.165) is 28.2 Å². The number of rotatable bonds is 9. The van der Waals surface area contributed by atoms with E-state index in [1.54, 1.807) is 17.8 Å². The second-order valence-corrected chi connectivity index (χ2v) is 10.5. The highest BCUT2D eigenvalue weighted by Gasteiger charge is 2.19. The van der Waals surface area contributed by atoms with Gasteiger partial charge in [0.2, 0.25) is 0 Å². The first kappa shape index (κ1) is 24.4. The Morgan fingerprint density at radius 2 is 2.12 bits per heavy atom. The highest BCUT2D eigenvalue weighted by atomic mass is 35.5. The second-order valence-electron chi connectivity index (χ2n) is 8.17. The average Bonchev–Trinajstić information content (AvgIpc) is 3.47. The molecule has 0 saturated carbocycles. The van der Waals surface area contributed by atoms with Crippen molar-refractivity contribution < 1.29 is 4.79 Å². The van der Waals surface area contributed by atoms with Crippen molar-refractivity contribution in [3.63, 3.8) is 0 Å². The van der Waals surface area contributed by atoms with E-state index in [4.69, 9.17) is 11.6 Å². The lowest BCUT2D eigenvalue weighted by molar-refractivity contribution is 0.0947.